The summed E-state index contributed by atoms with van der Waals surface area (Å²) in [5.74, 6) is 1.16. The third-order valence-corrected chi connectivity index (χ3v) is 2.98. The second-order valence-corrected chi connectivity index (χ2v) is 4.44. The molecule has 1 aromatic carbocycles. The Morgan fingerprint density at radius 2 is 1.90 bits per heavy atom. The van der Waals surface area contributed by atoms with Crippen LogP contribution in [0.4, 0.5) is 11.7 Å². The van der Waals surface area contributed by atoms with Gasteiger partial charge in [0, 0.05) is 18.8 Å². The largest absolute Gasteiger partial charge is 0.484 e. The standard InChI is InChI=1S/C13H16N4O3/c14-10-1-3-11(4-2-10)19-9-12-15-16-13(20-12)17-5-7-18-8-6-17/h1-4H,5-9,14H2. The molecule has 1 aliphatic rings. The number of morpholine rings is 1. The molecule has 1 saturated heterocycles. The maximum atomic E-state index is 5.61. The van der Waals surface area contributed by atoms with Gasteiger partial charge in [0.15, 0.2) is 6.61 Å². The maximum Gasteiger partial charge on any atom is 0.318 e. The number of nitrogen functional groups attached to an aromatic ring is 1. The van der Waals surface area contributed by atoms with Crippen molar-refractivity contribution in [3.63, 3.8) is 0 Å². The number of nitrogens with zero attached hydrogens (tertiary/aromatic N) is 3. The van der Waals surface area contributed by atoms with E-state index in [0.29, 0.717) is 36.6 Å². The monoisotopic (exact) mass is 276 g/mol. The van der Waals surface area contributed by atoms with Crippen LogP contribution >= 0.6 is 0 Å². The van der Waals surface area contributed by atoms with Gasteiger partial charge in [0.2, 0.25) is 0 Å². The molecular weight excluding hydrogens is 260 g/mol. The molecule has 1 fully saturated rings. The summed E-state index contributed by atoms with van der Waals surface area (Å²) in [5.41, 5.74) is 6.31. The van der Waals surface area contributed by atoms with E-state index in [2.05, 4.69) is 10.2 Å². The molecule has 2 heterocycles. The van der Waals surface area contributed by atoms with E-state index in [1.54, 1.807) is 24.3 Å². The summed E-state index contributed by atoms with van der Waals surface area (Å²) in [5, 5.41) is 8.00. The van der Waals surface area contributed by atoms with Gasteiger partial charge in [-0.15, -0.1) is 5.10 Å². The number of rotatable bonds is 4. The van der Waals surface area contributed by atoms with Gasteiger partial charge in [0.25, 0.3) is 5.89 Å². The summed E-state index contributed by atoms with van der Waals surface area (Å²) in [6.45, 7) is 3.13. The normalized spacial score (nSPS) is 15.3. The second-order valence-electron chi connectivity index (χ2n) is 4.44. The Hall–Kier alpha value is -2.28. The summed E-state index contributed by atoms with van der Waals surface area (Å²) in [6.07, 6.45) is 0. The van der Waals surface area contributed by atoms with Crippen LogP contribution in [-0.2, 0) is 11.3 Å². The topological polar surface area (TPSA) is 86.6 Å². The first-order chi connectivity index (χ1) is 9.81. The SMILES string of the molecule is Nc1ccc(OCc2nnc(N3CCOCC3)o2)cc1. The molecule has 0 saturated carbocycles. The molecule has 0 unspecified atom stereocenters. The molecule has 0 atom stereocenters. The van der Waals surface area contributed by atoms with Crippen molar-refractivity contribution in [1.29, 1.82) is 0 Å². The van der Waals surface area contributed by atoms with Gasteiger partial charge in [-0.2, -0.15) is 0 Å². The van der Waals surface area contributed by atoms with E-state index in [9.17, 15) is 0 Å². The van der Waals surface area contributed by atoms with Crippen molar-refractivity contribution in [1.82, 2.24) is 10.2 Å². The molecule has 1 aromatic heterocycles. The molecule has 7 heteroatoms. The molecule has 2 N–H and O–H groups in total. The molecule has 0 radical (unpaired) electrons. The highest BCUT2D eigenvalue weighted by atomic mass is 16.5. The maximum absolute atomic E-state index is 5.61. The van der Waals surface area contributed by atoms with Crippen LogP contribution in [0, 0.1) is 0 Å². The number of nitrogens with two attached hydrogens (primary N) is 1. The van der Waals surface area contributed by atoms with Crippen LogP contribution in [0.5, 0.6) is 5.75 Å². The fraction of sp³-hybridized carbons (Fsp3) is 0.385. The van der Waals surface area contributed by atoms with Crippen LogP contribution in [0.1, 0.15) is 5.89 Å². The zero-order chi connectivity index (χ0) is 13.8. The zero-order valence-electron chi connectivity index (χ0n) is 11.0. The number of ether oxygens (including phenoxy) is 2. The van der Waals surface area contributed by atoms with Crippen molar-refractivity contribution in [2.24, 2.45) is 0 Å². The van der Waals surface area contributed by atoms with Crippen LogP contribution in [0.25, 0.3) is 0 Å². The first kappa shape index (κ1) is 12.7. The van der Waals surface area contributed by atoms with E-state index in [4.69, 9.17) is 19.6 Å². The number of benzene rings is 1. The van der Waals surface area contributed by atoms with E-state index in [1.807, 2.05) is 4.90 Å². The number of anilines is 2. The Balaban J connectivity index is 1.58. The first-order valence-electron chi connectivity index (χ1n) is 6.45. The molecule has 7 nitrogen and oxygen atoms in total. The molecular formula is C13H16N4O3. The highest BCUT2D eigenvalue weighted by Gasteiger charge is 2.17. The van der Waals surface area contributed by atoms with Crippen molar-refractivity contribution in [2.45, 2.75) is 6.61 Å². The molecule has 1 aliphatic heterocycles. The van der Waals surface area contributed by atoms with E-state index < -0.39 is 0 Å². The van der Waals surface area contributed by atoms with Gasteiger partial charge in [-0.3, -0.25) is 0 Å². The van der Waals surface area contributed by atoms with Gasteiger partial charge in [0.1, 0.15) is 5.75 Å². The minimum atomic E-state index is 0.237. The van der Waals surface area contributed by atoms with Gasteiger partial charge < -0.3 is 24.5 Å². The molecule has 0 amide bonds. The summed E-state index contributed by atoms with van der Waals surface area (Å²) in [6, 6.07) is 7.68. The Labute approximate surface area is 116 Å². The van der Waals surface area contributed by atoms with Crippen molar-refractivity contribution in [2.75, 3.05) is 36.9 Å². The Kier molecular flexibility index (Phi) is 3.69. The number of aromatic nitrogens is 2. The second kappa shape index (κ2) is 5.79. The molecule has 106 valence electrons. The smallest absolute Gasteiger partial charge is 0.318 e. The van der Waals surface area contributed by atoms with Gasteiger partial charge >= 0.3 is 6.01 Å². The van der Waals surface area contributed by atoms with Crippen molar-refractivity contribution >= 4 is 11.7 Å². The van der Waals surface area contributed by atoms with Gasteiger partial charge in [-0.25, -0.2) is 0 Å². The van der Waals surface area contributed by atoms with Crippen LogP contribution in [0.15, 0.2) is 28.7 Å². The Morgan fingerprint density at radius 3 is 2.65 bits per heavy atom. The average molecular weight is 276 g/mol. The summed E-state index contributed by atoms with van der Waals surface area (Å²) >= 11 is 0. The minimum Gasteiger partial charge on any atom is -0.484 e. The van der Waals surface area contributed by atoms with Crippen molar-refractivity contribution in [3.8, 4) is 5.75 Å². The third-order valence-electron chi connectivity index (χ3n) is 2.98. The van der Waals surface area contributed by atoms with Crippen LogP contribution < -0.4 is 15.4 Å². The average Bonchev–Trinajstić information content (AvgIpc) is 2.97. The lowest BCUT2D eigenvalue weighted by Crippen LogP contribution is -2.36. The predicted molar refractivity (Wildman–Crippen MR) is 72.5 cm³/mol. The Bertz CT molecular complexity index is 549. The lowest BCUT2D eigenvalue weighted by molar-refractivity contribution is 0.120. The predicted octanol–water partition coefficient (Wildman–Crippen LogP) is 1.07. The van der Waals surface area contributed by atoms with Gasteiger partial charge in [-0.05, 0) is 24.3 Å². The van der Waals surface area contributed by atoms with Gasteiger partial charge in [0.05, 0.1) is 13.2 Å². The summed E-state index contributed by atoms with van der Waals surface area (Å²) < 4.78 is 16.4. The fourth-order valence-corrected chi connectivity index (χ4v) is 1.89. The first-order valence-corrected chi connectivity index (χ1v) is 6.45. The minimum absolute atomic E-state index is 0.237. The van der Waals surface area contributed by atoms with Crippen molar-refractivity contribution < 1.29 is 13.9 Å². The molecule has 20 heavy (non-hydrogen) atoms. The highest BCUT2D eigenvalue weighted by Crippen LogP contribution is 2.17. The molecule has 3 rings (SSSR count). The molecule has 0 spiro atoms. The number of hydrogen-bond donors (Lipinski definition) is 1. The van der Waals surface area contributed by atoms with E-state index in [0.717, 1.165) is 13.1 Å². The van der Waals surface area contributed by atoms with Crippen LogP contribution in [-0.4, -0.2) is 36.5 Å². The van der Waals surface area contributed by atoms with E-state index in [-0.39, 0.29) is 6.61 Å². The lowest BCUT2D eigenvalue weighted by Gasteiger charge is -2.24. The lowest BCUT2D eigenvalue weighted by atomic mass is 10.3. The van der Waals surface area contributed by atoms with Crippen LogP contribution in [0.2, 0.25) is 0 Å². The fourth-order valence-electron chi connectivity index (χ4n) is 1.89. The highest BCUT2D eigenvalue weighted by molar-refractivity contribution is 5.41. The number of hydrogen-bond acceptors (Lipinski definition) is 7. The quantitative estimate of drug-likeness (QED) is 0.836. The van der Waals surface area contributed by atoms with Crippen molar-refractivity contribution in [3.05, 3.63) is 30.2 Å². The van der Waals surface area contributed by atoms with Crippen LogP contribution in [0.3, 0.4) is 0 Å². The third kappa shape index (κ3) is 3.00. The summed E-state index contributed by atoms with van der Waals surface area (Å²) in [4.78, 5) is 2.00. The summed E-state index contributed by atoms with van der Waals surface area (Å²) in [7, 11) is 0. The zero-order valence-corrected chi connectivity index (χ0v) is 11.0. The molecule has 2 aromatic rings. The van der Waals surface area contributed by atoms with E-state index in [1.165, 1.54) is 0 Å². The molecule has 0 aliphatic carbocycles. The van der Waals surface area contributed by atoms with Gasteiger partial charge in [-0.1, -0.05) is 5.10 Å². The van der Waals surface area contributed by atoms with E-state index >= 15 is 0 Å². The Morgan fingerprint density at radius 1 is 1.15 bits per heavy atom. The molecule has 0 bridgehead atoms.